The molecule has 4 saturated carbocycles. The summed E-state index contributed by atoms with van der Waals surface area (Å²) in [6, 6.07) is 9.78. The summed E-state index contributed by atoms with van der Waals surface area (Å²) in [6.45, 7) is 1.73. The highest BCUT2D eigenvalue weighted by Crippen LogP contribution is 2.65. The van der Waals surface area contributed by atoms with E-state index in [1.54, 1.807) is 12.3 Å². The number of amides is 1. The van der Waals surface area contributed by atoms with Crippen LogP contribution in [0.25, 0.3) is 11.1 Å². The molecule has 32 heavy (non-hydrogen) atoms. The lowest BCUT2D eigenvalue weighted by atomic mass is 9.74. The maximum absolute atomic E-state index is 14.0. The van der Waals surface area contributed by atoms with Crippen LogP contribution in [0.3, 0.4) is 0 Å². The van der Waals surface area contributed by atoms with Gasteiger partial charge in [0.05, 0.1) is 17.7 Å². The van der Waals surface area contributed by atoms with Crippen molar-refractivity contribution in [3.8, 4) is 11.1 Å². The van der Waals surface area contributed by atoms with Gasteiger partial charge < -0.3 is 15.3 Å². The van der Waals surface area contributed by atoms with E-state index in [1.807, 2.05) is 24.3 Å². The summed E-state index contributed by atoms with van der Waals surface area (Å²) in [5, 5.41) is 14.0. The van der Waals surface area contributed by atoms with Crippen LogP contribution in [0.5, 0.6) is 0 Å². The standard InChI is InChI=1S/C26H30FN3O2/c27-23-14-28-8-7-21(23)17-3-5-20(6-4-17)30-9-1-2-19(15-30)29-25(32)26-12-16-10-18(13-26)24(31)22(26)11-16/h3-8,14,16,18-19,22,24,31H,1-2,9-13,15H2,(H,29,32)/t16?,18?,19-,22?,24?,26?/m0/s1. The Kier molecular flexibility index (Phi) is 4.75. The number of piperidine rings is 1. The van der Waals surface area contributed by atoms with Crippen LogP contribution in [0.1, 0.15) is 38.5 Å². The van der Waals surface area contributed by atoms with Crippen molar-refractivity contribution in [3.63, 3.8) is 0 Å². The van der Waals surface area contributed by atoms with Crippen LogP contribution in [-0.2, 0) is 4.79 Å². The van der Waals surface area contributed by atoms with Crippen molar-refractivity contribution in [1.82, 2.24) is 10.3 Å². The largest absolute Gasteiger partial charge is 0.393 e. The van der Waals surface area contributed by atoms with E-state index in [0.29, 0.717) is 17.4 Å². The highest BCUT2D eigenvalue weighted by Gasteiger charge is 2.65. The van der Waals surface area contributed by atoms with Crippen LogP contribution in [0.2, 0.25) is 0 Å². The van der Waals surface area contributed by atoms with Crippen LogP contribution >= 0.6 is 0 Å². The van der Waals surface area contributed by atoms with Gasteiger partial charge in [-0.15, -0.1) is 0 Å². The molecular formula is C26H30FN3O2. The van der Waals surface area contributed by atoms with E-state index < -0.39 is 0 Å². The second-order valence-corrected chi connectivity index (χ2v) is 10.4. The second kappa shape index (κ2) is 7.55. The summed E-state index contributed by atoms with van der Waals surface area (Å²) in [6.07, 6.45) is 8.51. The maximum Gasteiger partial charge on any atom is 0.226 e. The Morgan fingerprint density at radius 3 is 2.84 bits per heavy atom. The van der Waals surface area contributed by atoms with Crippen LogP contribution in [0.15, 0.2) is 42.7 Å². The Hall–Kier alpha value is -2.47. The molecule has 7 rings (SSSR count). The lowest BCUT2D eigenvalue weighted by Gasteiger charge is -2.38. The van der Waals surface area contributed by atoms with Crippen molar-refractivity contribution in [3.05, 3.63) is 48.5 Å². The number of carbonyl (C=O) groups is 1. The van der Waals surface area contributed by atoms with Gasteiger partial charge in [0, 0.05) is 36.6 Å². The lowest BCUT2D eigenvalue weighted by Crippen LogP contribution is -2.52. The molecule has 2 N–H and O–H groups in total. The van der Waals surface area contributed by atoms with Gasteiger partial charge >= 0.3 is 0 Å². The average Bonchev–Trinajstić information content (AvgIpc) is 3.19. The number of benzene rings is 1. The van der Waals surface area contributed by atoms with E-state index in [0.717, 1.165) is 62.9 Å². The van der Waals surface area contributed by atoms with Crippen molar-refractivity contribution in [2.45, 2.75) is 50.7 Å². The molecule has 1 aromatic carbocycles. The molecule has 2 aromatic rings. The van der Waals surface area contributed by atoms with E-state index in [4.69, 9.17) is 0 Å². The zero-order chi connectivity index (χ0) is 21.9. The van der Waals surface area contributed by atoms with Crippen molar-refractivity contribution in [1.29, 1.82) is 0 Å². The lowest BCUT2D eigenvalue weighted by molar-refractivity contribution is -0.134. The summed E-state index contributed by atoms with van der Waals surface area (Å²) >= 11 is 0. The van der Waals surface area contributed by atoms with Gasteiger partial charge in [0.1, 0.15) is 5.82 Å². The molecule has 4 bridgehead atoms. The molecular weight excluding hydrogens is 405 g/mol. The fourth-order valence-electron chi connectivity index (χ4n) is 7.26. The SMILES string of the molecule is O=C(N[C@H]1CCCN(c2ccc(-c3ccncc3F)cc2)C1)C12CC3CC(C1)C(O)C2C3. The number of nitrogens with zero attached hydrogens (tertiary/aromatic N) is 2. The first-order valence-electron chi connectivity index (χ1n) is 12.0. The van der Waals surface area contributed by atoms with E-state index in [2.05, 4.69) is 15.2 Å². The van der Waals surface area contributed by atoms with E-state index in [-0.39, 0.29) is 35.2 Å². The van der Waals surface area contributed by atoms with E-state index in [9.17, 15) is 14.3 Å². The third-order valence-electron chi connectivity index (χ3n) is 8.63. The first-order valence-corrected chi connectivity index (χ1v) is 12.0. The number of nitrogens with one attached hydrogen (secondary N) is 1. The van der Waals surface area contributed by atoms with Crippen LogP contribution in [0, 0.1) is 29.0 Å². The summed E-state index contributed by atoms with van der Waals surface area (Å²) < 4.78 is 14.0. The number of carbonyl (C=O) groups excluding carboxylic acids is 1. The molecule has 168 valence electrons. The molecule has 6 heteroatoms. The first kappa shape index (κ1) is 20.2. The minimum atomic E-state index is -0.328. The Balaban J connectivity index is 1.14. The third kappa shape index (κ3) is 3.14. The topological polar surface area (TPSA) is 65.5 Å². The predicted octanol–water partition coefficient (Wildman–Crippen LogP) is 3.77. The molecule has 2 heterocycles. The molecule has 5 fully saturated rings. The molecule has 5 unspecified atom stereocenters. The number of aromatic nitrogens is 1. The minimum absolute atomic E-state index is 0.123. The van der Waals surface area contributed by atoms with Crippen LogP contribution in [0.4, 0.5) is 10.1 Å². The molecule has 1 aliphatic heterocycles. The normalized spacial score (nSPS) is 35.3. The molecule has 1 saturated heterocycles. The van der Waals surface area contributed by atoms with Gasteiger partial charge in [-0.05, 0) is 80.0 Å². The van der Waals surface area contributed by atoms with Crippen molar-refractivity contribution in [2.75, 3.05) is 18.0 Å². The molecule has 0 spiro atoms. The van der Waals surface area contributed by atoms with Crippen LogP contribution < -0.4 is 10.2 Å². The summed E-state index contributed by atoms with van der Waals surface area (Å²) in [5.41, 5.74) is 2.15. The van der Waals surface area contributed by atoms with Gasteiger partial charge in [-0.3, -0.25) is 9.78 Å². The van der Waals surface area contributed by atoms with Crippen molar-refractivity contribution < 1.29 is 14.3 Å². The van der Waals surface area contributed by atoms with E-state index >= 15 is 0 Å². The number of hydrogen-bond acceptors (Lipinski definition) is 4. The quantitative estimate of drug-likeness (QED) is 0.767. The number of aliphatic hydroxyl groups is 1. The summed E-state index contributed by atoms with van der Waals surface area (Å²) in [5.74, 6) is 0.971. The van der Waals surface area contributed by atoms with Gasteiger partial charge in [0.25, 0.3) is 0 Å². The Labute approximate surface area is 188 Å². The molecule has 0 radical (unpaired) electrons. The smallest absolute Gasteiger partial charge is 0.226 e. The van der Waals surface area contributed by atoms with Crippen molar-refractivity contribution in [2.24, 2.45) is 23.2 Å². The highest BCUT2D eigenvalue weighted by molar-refractivity contribution is 5.84. The number of anilines is 1. The number of pyridine rings is 1. The molecule has 1 amide bonds. The van der Waals surface area contributed by atoms with Crippen LogP contribution in [-0.4, -0.2) is 41.2 Å². The van der Waals surface area contributed by atoms with Gasteiger partial charge in [0.2, 0.25) is 5.91 Å². The summed E-state index contributed by atoms with van der Waals surface area (Å²) in [7, 11) is 0. The molecule has 4 aliphatic carbocycles. The number of rotatable bonds is 4. The molecule has 5 nitrogen and oxygen atoms in total. The second-order valence-electron chi connectivity index (χ2n) is 10.4. The predicted molar refractivity (Wildman–Crippen MR) is 120 cm³/mol. The Morgan fingerprint density at radius 1 is 1.19 bits per heavy atom. The van der Waals surface area contributed by atoms with E-state index in [1.165, 1.54) is 6.20 Å². The van der Waals surface area contributed by atoms with Gasteiger partial charge in [-0.2, -0.15) is 0 Å². The van der Waals surface area contributed by atoms with Gasteiger partial charge in [-0.1, -0.05) is 12.1 Å². The minimum Gasteiger partial charge on any atom is -0.393 e. The maximum atomic E-state index is 14.0. The number of hydrogen-bond donors (Lipinski definition) is 2. The highest BCUT2D eigenvalue weighted by atomic mass is 19.1. The first-order chi connectivity index (χ1) is 15.5. The summed E-state index contributed by atoms with van der Waals surface area (Å²) in [4.78, 5) is 19.6. The fraction of sp³-hybridized carbons (Fsp3) is 0.538. The number of halogens is 1. The zero-order valence-electron chi connectivity index (χ0n) is 18.2. The fourth-order valence-corrected chi connectivity index (χ4v) is 7.26. The van der Waals surface area contributed by atoms with Crippen molar-refractivity contribution >= 4 is 11.6 Å². The average molecular weight is 436 g/mol. The third-order valence-corrected chi connectivity index (χ3v) is 8.63. The molecule has 6 atom stereocenters. The van der Waals surface area contributed by atoms with Gasteiger partial charge in [0.15, 0.2) is 0 Å². The Bertz CT molecular complexity index is 1030. The Morgan fingerprint density at radius 2 is 2.03 bits per heavy atom. The van der Waals surface area contributed by atoms with Gasteiger partial charge in [-0.25, -0.2) is 4.39 Å². The zero-order valence-corrected chi connectivity index (χ0v) is 18.2. The molecule has 1 aromatic heterocycles. The monoisotopic (exact) mass is 435 g/mol. The number of aliphatic hydroxyl groups excluding tert-OH is 1. The molecule has 5 aliphatic rings.